The van der Waals surface area contributed by atoms with Crippen LogP contribution in [0.4, 0.5) is 11.4 Å². The zero-order chi connectivity index (χ0) is 87.6. The van der Waals surface area contributed by atoms with Crippen molar-refractivity contribution in [2.45, 2.75) is 465 Å². The molecule has 0 aliphatic carbocycles. The first-order valence-corrected chi connectivity index (χ1v) is 53.0. The molecule has 0 fully saturated rings. The van der Waals surface area contributed by atoms with Crippen LogP contribution in [-0.4, -0.2) is 61.0 Å². The molecule has 0 N–H and O–H groups in total. The second kappa shape index (κ2) is 59.5. The first kappa shape index (κ1) is 101. The SMILES string of the molecule is CCCCCCCCCCCCCCCCC(CCCCCCCCCCCCCCCC)OC(=O)CCCN1C(=O)/C(=C2/C(=O)Oc3cc4c(cc32)OC(=O)/C4=C2/C(=O)N(CCCC(=O)OC(CCCCCCCCCCCCCCCC)CCCCCCCCCCCCCCCC)c3cc(-c4ccc(-c5ccc(C)s5)s4)ccc32)c2ccc(C)cc21. The summed E-state index contributed by atoms with van der Waals surface area (Å²) in [5.41, 5.74) is 5.30. The van der Waals surface area contributed by atoms with E-state index in [0.29, 0.717) is 46.5 Å². The smallest absolute Gasteiger partial charge is 0.345 e. The van der Waals surface area contributed by atoms with Crippen molar-refractivity contribution in [1.82, 2.24) is 0 Å². The molecule has 2 amide bonds. The molecule has 12 nitrogen and oxygen atoms in total. The van der Waals surface area contributed by atoms with Crippen LogP contribution in [0.2, 0.25) is 0 Å². The maximum atomic E-state index is 15.5. The molecule has 0 bridgehead atoms. The Bertz CT molecular complexity index is 3980. The summed E-state index contributed by atoms with van der Waals surface area (Å²) < 4.78 is 25.1. The van der Waals surface area contributed by atoms with Gasteiger partial charge in [0.2, 0.25) is 0 Å². The summed E-state index contributed by atoms with van der Waals surface area (Å²) in [5, 5.41) is 0. The lowest BCUT2D eigenvalue weighted by Gasteiger charge is -2.20. The number of aryl methyl sites for hydroxylation is 2. The van der Waals surface area contributed by atoms with Gasteiger partial charge in [0.15, 0.2) is 0 Å². The van der Waals surface area contributed by atoms with Gasteiger partial charge in [-0.2, -0.15) is 0 Å². The van der Waals surface area contributed by atoms with Crippen LogP contribution in [0.1, 0.15) is 471 Å². The monoisotopic (exact) mass is 1740 g/mol. The van der Waals surface area contributed by atoms with Crippen molar-refractivity contribution in [2.75, 3.05) is 22.9 Å². The van der Waals surface area contributed by atoms with E-state index < -0.39 is 17.8 Å². The van der Waals surface area contributed by atoms with Gasteiger partial charge in [0.05, 0.1) is 33.7 Å². The minimum absolute atomic E-state index is 0.0515. The van der Waals surface area contributed by atoms with Gasteiger partial charge in [-0.1, -0.05) is 386 Å². The number of esters is 4. The highest BCUT2D eigenvalue weighted by atomic mass is 32.1. The molecule has 3 aromatic carbocycles. The van der Waals surface area contributed by atoms with Gasteiger partial charge in [-0.25, -0.2) is 9.59 Å². The van der Waals surface area contributed by atoms with Crippen LogP contribution in [0.5, 0.6) is 11.5 Å². The van der Waals surface area contributed by atoms with Gasteiger partial charge in [-0.15, -0.1) is 22.7 Å². The van der Waals surface area contributed by atoms with Gasteiger partial charge in [0.25, 0.3) is 11.8 Å². The minimum Gasteiger partial charge on any atom is -0.462 e. The lowest BCUT2D eigenvalue weighted by atomic mass is 9.92. The van der Waals surface area contributed by atoms with Gasteiger partial charge in [0.1, 0.15) is 23.7 Å². The van der Waals surface area contributed by atoms with Crippen molar-refractivity contribution in [3.05, 3.63) is 105 Å². The largest absolute Gasteiger partial charge is 0.462 e. The number of rotatable bonds is 72. The number of hydrogen-bond donors (Lipinski definition) is 0. The second-order valence-corrected chi connectivity index (χ2v) is 39.7. The van der Waals surface area contributed by atoms with Crippen LogP contribution in [0.3, 0.4) is 0 Å². The molecule has 6 heterocycles. The van der Waals surface area contributed by atoms with E-state index in [0.717, 1.165) is 97.9 Å². The third kappa shape index (κ3) is 34.4. The molecule has 4 aliphatic rings. The van der Waals surface area contributed by atoms with Crippen LogP contribution in [0.15, 0.2) is 72.8 Å². The number of fused-ring (bicyclic) bond motifs is 4. The van der Waals surface area contributed by atoms with Crippen LogP contribution < -0.4 is 19.3 Å². The fourth-order valence-electron chi connectivity index (χ4n) is 19.2. The Labute approximate surface area is 759 Å². The summed E-state index contributed by atoms with van der Waals surface area (Å²) in [5.74, 6) is -2.43. The van der Waals surface area contributed by atoms with Crippen LogP contribution >= 0.6 is 22.7 Å². The number of carbonyl (C=O) groups is 6. The van der Waals surface area contributed by atoms with Crippen LogP contribution in [0.25, 0.3) is 42.5 Å². The predicted octanol–water partition coefficient (Wildman–Crippen LogP) is 33.0. The molecule has 5 aromatic rings. The highest BCUT2D eigenvalue weighted by Crippen LogP contribution is 2.53. The summed E-state index contributed by atoms with van der Waals surface area (Å²) in [4.78, 5) is 96.2. The van der Waals surface area contributed by atoms with Crippen molar-refractivity contribution >= 4 is 92.0 Å². The van der Waals surface area contributed by atoms with Crippen molar-refractivity contribution in [2.24, 2.45) is 0 Å². The molecule has 0 saturated heterocycles. The second-order valence-electron chi connectivity index (χ2n) is 37.3. The predicted molar refractivity (Wildman–Crippen MR) is 523 cm³/mol. The number of hydrogen-bond acceptors (Lipinski definition) is 12. The minimum atomic E-state index is -0.723. The number of benzene rings is 3. The molecule has 0 atom stereocenters. The van der Waals surface area contributed by atoms with Crippen molar-refractivity contribution in [1.29, 1.82) is 0 Å². The van der Waals surface area contributed by atoms with Gasteiger partial charge in [0, 0.05) is 67.7 Å². The molecule has 9 rings (SSSR count). The van der Waals surface area contributed by atoms with Crippen molar-refractivity contribution < 1.29 is 47.7 Å². The van der Waals surface area contributed by atoms with Crippen molar-refractivity contribution in [3.63, 3.8) is 0 Å². The number of amides is 2. The number of nitrogens with zero attached hydrogens (tertiary/aromatic N) is 2. The molecule has 0 saturated carbocycles. The highest BCUT2D eigenvalue weighted by Gasteiger charge is 2.45. The maximum Gasteiger partial charge on any atom is 0.345 e. The van der Waals surface area contributed by atoms with E-state index >= 15 is 9.59 Å². The number of unbranched alkanes of at least 4 members (excludes halogenated alkanes) is 52. The van der Waals surface area contributed by atoms with Gasteiger partial charge in [-0.05, 0) is 138 Å². The van der Waals surface area contributed by atoms with Crippen molar-refractivity contribution in [3.8, 4) is 31.7 Å². The Kier molecular flexibility index (Phi) is 48.5. The van der Waals surface area contributed by atoms with E-state index in [1.54, 1.807) is 44.6 Å². The van der Waals surface area contributed by atoms with Crippen LogP contribution in [-0.2, 0) is 38.2 Å². The van der Waals surface area contributed by atoms with Gasteiger partial charge < -0.3 is 28.7 Å². The first-order valence-electron chi connectivity index (χ1n) is 51.4. The summed E-state index contributed by atoms with van der Waals surface area (Å²) in [6.07, 6.45) is 76.7. The quantitative estimate of drug-likeness (QED) is 0.0160. The zero-order valence-corrected chi connectivity index (χ0v) is 80.2. The van der Waals surface area contributed by atoms with E-state index in [4.69, 9.17) is 18.9 Å². The Morgan fingerprint density at radius 3 is 0.919 bits per heavy atom. The first-order chi connectivity index (χ1) is 60.8. The zero-order valence-electron chi connectivity index (χ0n) is 78.5. The molecule has 2 aromatic heterocycles. The molecular weight excluding hydrogens is 1570 g/mol. The highest BCUT2D eigenvalue weighted by molar-refractivity contribution is 7.23. The number of anilines is 2. The molecule has 124 heavy (non-hydrogen) atoms. The third-order valence-electron chi connectivity index (χ3n) is 26.6. The Balaban J connectivity index is 0.845. The normalized spacial score (nSPS) is 14.7. The lowest BCUT2D eigenvalue weighted by molar-refractivity contribution is -0.151. The van der Waals surface area contributed by atoms with E-state index in [1.807, 2.05) is 43.3 Å². The molecule has 0 radical (unpaired) electrons. The van der Waals surface area contributed by atoms with E-state index in [-0.39, 0.29) is 89.8 Å². The average Bonchev–Trinajstić information content (AvgIpc) is 1.56. The van der Waals surface area contributed by atoms with E-state index in [1.165, 1.54) is 318 Å². The van der Waals surface area contributed by atoms with Crippen LogP contribution in [0, 0.1) is 13.8 Å². The molecule has 0 unspecified atom stereocenters. The van der Waals surface area contributed by atoms with Gasteiger partial charge >= 0.3 is 23.9 Å². The molecular formula is C110H164N2O10S2. The fourth-order valence-corrected chi connectivity index (χ4v) is 21.2. The maximum absolute atomic E-state index is 15.5. The van der Waals surface area contributed by atoms with E-state index in [9.17, 15) is 19.2 Å². The molecule has 0 spiro atoms. The third-order valence-corrected chi connectivity index (χ3v) is 29.0. The topological polar surface area (TPSA) is 146 Å². The summed E-state index contributed by atoms with van der Waals surface area (Å²) in [6.45, 7) is 13.6. The fraction of sp³-hybridized carbons (Fsp3) is 0.673. The molecule has 14 heteroatoms. The average molecular weight is 1740 g/mol. The summed E-state index contributed by atoms with van der Waals surface area (Å²) in [6, 6.07) is 23.4. The lowest BCUT2D eigenvalue weighted by Crippen LogP contribution is -2.29. The van der Waals surface area contributed by atoms with Gasteiger partial charge in [-0.3, -0.25) is 19.2 Å². The standard InChI is InChI=1S/C110H164N2O10S2/c1-7-11-15-19-23-27-31-35-39-43-47-51-55-59-65-88(66-60-56-52-48-44-40-36-32-28-24-20-16-12-8-2)119-101(113)69-63-79-111-94-81-85(5)71-74-90(94)103(107(111)115)105-92-83-97-93(84-96(92)121-109(105)117)106(110(118)122-97)104-91-75-73-87(98-77-78-100(124-98)99-76-72-86(6)123-99)82-95(91)112(108(104)116)80-64-70-102(114)120-89(67-61-57-53-49-45-41-37-33-29-25-21-17-13-9-3)68-62-58-54-50-46-42-38-34-30-26-22-18-14-10-4/h71-78,81-84,88-89H,7-70,79-80H2,1-6H3/b105-103+,106-104+. The number of ether oxygens (including phenoxy) is 4. The number of thiophene rings is 2. The Morgan fingerprint density at radius 2 is 0.597 bits per heavy atom. The summed E-state index contributed by atoms with van der Waals surface area (Å²) in [7, 11) is 0. The Morgan fingerprint density at radius 1 is 0.306 bits per heavy atom. The summed E-state index contributed by atoms with van der Waals surface area (Å²) >= 11 is 3.44. The Hall–Kier alpha value is -6.64. The number of carbonyl (C=O) groups excluding carboxylic acids is 6. The van der Waals surface area contributed by atoms with E-state index in [2.05, 4.69) is 58.9 Å². The molecule has 4 aliphatic heterocycles. The molecule has 686 valence electrons.